The first kappa shape index (κ1) is 73.0. The minimum atomic E-state index is -0.817. The summed E-state index contributed by atoms with van der Waals surface area (Å²) in [7, 11) is 0. The van der Waals surface area contributed by atoms with E-state index in [1.54, 1.807) is 0 Å². The number of hydrogen-bond donors (Lipinski definition) is 1. The maximum Gasteiger partial charge on any atom is 0.306 e. The van der Waals surface area contributed by atoms with E-state index in [2.05, 4.69) is 196 Å². The van der Waals surface area contributed by atoms with E-state index in [-0.39, 0.29) is 31.6 Å². The van der Waals surface area contributed by atoms with Crippen molar-refractivity contribution in [3.63, 3.8) is 0 Å². The maximum absolute atomic E-state index is 12.3. The van der Waals surface area contributed by atoms with Crippen molar-refractivity contribution in [1.82, 2.24) is 0 Å². The Morgan fingerprint density at radius 3 is 0.808 bits per heavy atom. The number of aliphatic hydroxyl groups excluding tert-OH is 1. The van der Waals surface area contributed by atoms with Crippen molar-refractivity contribution >= 4 is 11.9 Å². The molecule has 0 aliphatic heterocycles. The summed E-state index contributed by atoms with van der Waals surface area (Å²) in [6, 6.07) is 0. The summed E-state index contributed by atoms with van der Waals surface area (Å²) in [5.74, 6) is -0.670. The van der Waals surface area contributed by atoms with Crippen molar-refractivity contribution in [2.75, 3.05) is 13.2 Å². The van der Waals surface area contributed by atoms with Crippen LogP contribution in [0.25, 0.3) is 0 Å². The first-order valence-electron chi connectivity index (χ1n) is 31.3. The number of esters is 2. The third-order valence-electron chi connectivity index (χ3n) is 12.7. The summed E-state index contributed by atoms with van der Waals surface area (Å²) >= 11 is 0. The molecule has 5 heteroatoms. The molecule has 0 saturated carbocycles. The predicted molar refractivity (Wildman–Crippen MR) is 343 cm³/mol. The molecule has 0 bridgehead atoms. The van der Waals surface area contributed by atoms with Crippen LogP contribution in [0, 0.1) is 0 Å². The van der Waals surface area contributed by atoms with Gasteiger partial charge in [0.2, 0.25) is 0 Å². The Balaban J connectivity index is 3.62. The van der Waals surface area contributed by atoms with Crippen molar-refractivity contribution in [3.05, 3.63) is 182 Å². The van der Waals surface area contributed by atoms with Crippen LogP contribution < -0.4 is 0 Å². The Kier molecular flexibility index (Phi) is 62.0. The average Bonchev–Trinajstić information content (AvgIpc) is 3.44. The van der Waals surface area contributed by atoms with Crippen LogP contribution in [-0.4, -0.2) is 36.4 Å². The Morgan fingerprint density at radius 1 is 0.295 bits per heavy atom. The van der Waals surface area contributed by atoms with Crippen LogP contribution in [0.4, 0.5) is 0 Å². The zero-order chi connectivity index (χ0) is 56.2. The second-order valence-electron chi connectivity index (χ2n) is 20.0. The van der Waals surface area contributed by atoms with Crippen LogP contribution in [0.3, 0.4) is 0 Å². The fourth-order valence-corrected chi connectivity index (χ4v) is 8.09. The monoisotopic (exact) mass is 1070 g/mol. The molecule has 0 rings (SSSR count). The van der Waals surface area contributed by atoms with E-state index in [9.17, 15) is 14.7 Å². The van der Waals surface area contributed by atoms with Gasteiger partial charge in [-0.2, -0.15) is 0 Å². The molecule has 0 aromatic rings. The van der Waals surface area contributed by atoms with Crippen LogP contribution in [0.1, 0.15) is 245 Å². The van der Waals surface area contributed by atoms with Gasteiger partial charge in [0, 0.05) is 12.8 Å². The first-order valence-corrected chi connectivity index (χ1v) is 31.3. The quantitative estimate of drug-likeness (QED) is 0.0373. The van der Waals surface area contributed by atoms with E-state index in [0.29, 0.717) is 12.8 Å². The van der Waals surface area contributed by atoms with Gasteiger partial charge in [-0.25, -0.2) is 0 Å². The smallest absolute Gasteiger partial charge is 0.306 e. The lowest BCUT2D eigenvalue weighted by Crippen LogP contribution is -2.28. The van der Waals surface area contributed by atoms with Crippen LogP contribution in [0.5, 0.6) is 0 Å². The second kappa shape index (κ2) is 66.3. The molecule has 0 heterocycles. The molecular weight excluding hydrogens is 957 g/mol. The summed E-state index contributed by atoms with van der Waals surface area (Å²) in [6.45, 7) is 3.86. The molecule has 0 aromatic carbocycles. The van der Waals surface area contributed by atoms with Crippen LogP contribution in [0.2, 0.25) is 0 Å². The van der Waals surface area contributed by atoms with Crippen molar-refractivity contribution in [3.8, 4) is 0 Å². The second-order valence-corrected chi connectivity index (χ2v) is 20.0. The molecular formula is C73H114O5. The molecule has 0 fully saturated rings. The number of carbonyl (C=O) groups excluding carboxylic acids is 2. The largest absolute Gasteiger partial charge is 0.462 e. The fourth-order valence-electron chi connectivity index (χ4n) is 8.09. The third kappa shape index (κ3) is 63.5. The molecule has 0 aromatic heterocycles. The molecule has 1 atom stereocenters. The van der Waals surface area contributed by atoms with Gasteiger partial charge in [-0.15, -0.1) is 0 Å². The molecule has 0 radical (unpaired) electrons. The normalized spacial score (nSPS) is 13.5. The molecule has 0 aliphatic carbocycles. The topological polar surface area (TPSA) is 72.8 Å². The van der Waals surface area contributed by atoms with Gasteiger partial charge in [0.1, 0.15) is 6.61 Å². The zero-order valence-corrected chi connectivity index (χ0v) is 49.8. The highest BCUT2D eigenvalue weighted by Gasteiger charge is 2.16. The Labute approximate surface area is 480 Å². The molecule has 1 N–H and O–H groups in total. The molecule has 78 heavy (non-hydrogen) atoms. The number of ether oxygens (including phenoxy) is 2. The molecule has 0 amide bonds. The fraction of sp³-hybridized carbons (Fsp3) is 0.562. The molecule has 1 unspecified atom stereocenters. The van der Waals surface area contributed by atoms with Crippen molar-refractivity contribution < 1.29 is 24.2 Å². The minimum Gasteiger partial charge on any atom is -0.462 e. The molecule has 436 valence electrons. The molecule has 0 spiro atoms. The number of hydrogen-bond acceptors (Lipinski definition) is 5. The highest BCUT2D eigenvalue weighted by Crippen LogP contribution is 2.15. The lowest BCUT2D eigenvalue weighted by atomic mass is 10.0. The number of rotatable bonds is 55. The van der Waals surface area contributed by atoms with Crippen molar-refractivity contribution in [2.45, 2.75) is 251 Å². The van der Waals surface area contributed by atoms with Gasteiger partial charge >= 0.3 is 11.9 Å². The number of unbranched alkanes of at least 4 members (excludes halogenated alkanes) is 17. The van der Waals surface area contributed by atoms with Crippen molar-refractivity contribution in [2.24, 2.45) is 0 Å². The van der Waals surface area contributed by atoms with E-state index < -0.39 is 6.10 Å². The van der Waals surface area contributed by atoms with Gasteiger partial charge in [-0.05, 0) is 128 Å². The summed E-state index contributed by atoms with van der Waals surface area (Å²) in [4.78, 5) is 24.6. The van der Waals surface area contributed by atoms with Gasteiger partial charge < -0.3 is 14.6 Å². The van der Waals surface area contributed by atoms with Gasteiger partial charge in [0.25, 0.3) is 0 Å². The highest BCUT2D eigenvalue weighted by atomic mass is 16.6. The standard InChI is InChI=1S/C73H114O5/c1-3-5-7-9-11-13-15-17-19-21-23-25-27-29-31-33-34-35-36-37-38-40-41-43-45-47-49-51-53-55-57-59-61-63-65-67-72(75)77-70-71(69-74)78-73(76)68-66-64-62-60-58-56-54-52-50-48-46-44-42-39-32-30-28-26-24-22-20-18-16-14-12-10-8-6-4-2/h5-8,11-14,17-20,23-26,29-32,34-35,42,44,48,50,54,56,60,62,71,74H,3-4,9-10,15-16,21-22,27-28,33,36-41,43,45-47,49,51-53,55,57-59,61,63-70H2,1-2H3/b7-5-,8-6-,13-11-,14-12-,19-17-,20-18-,25-23-,26-24-,31-29-,32-30-,35-34-,44-42-,50-48-,56-54-,62-60-. The highest BCUT2D eigenvalue weighted by molar-refractivity contribution is 5.70. The molecule has 0 aliphatic rings. The van der Waals surface area contributed by atoms with Crippen LogP contribution >= 0.6 is 0 Å². The van der Waals surface area contributed by atoms with Crippen LogP contribution in [-0.2, 0) is 19.1 Å². The SMILES string of the molecule is CC/C=C\C/C=C\C/C=C\C/C=C\C/C=C\C/C=C\C/C=C\C/C=C\C/C=C\CCCC(=O)OC(CO)COC(=O)CCCCCCCCCCCCCCCCCC/C=C\C/C=C\C/C=C\C/C=C\C/C=C\C/C=C\CC. The van der Waals surface area contributed by atoms with Crippen LogP contribution in [0.15, 0.2) is 182 Å². The van der Waals surface area contributed by atoms with E-state index >= 15 is 0 Å². The predicted octanol–water partition coefficient (Wildman–Crippen LogP) is 21.9. The summed E-state index contributed by atoms with van der Waals surface area (Å²) in [5.41, 5.74) is 0. The maximum atomic E-state index is 12.3. The van der Waals surface area contributed by atoms with Gasteiger partial charge in [0.05, 0.1) is 6.61 Å². The summed E-state index contributed by atoms with van der Waals surface area (Å²) < 4.78 is 10.7. The zero-order valence-electron chi connectivity index (χ0n) is 49.8. The Bertz CT molecular complexity index is 1780. The lowest BCUT2D eigenvalue weighted by molar-refractivity contribution is -0.161. The Hall–Kier alpha value is -5.00. The number of aliphatic hydroxyl groups is 1. The minimum absolute atomic E-state index is 0.0999. The van der Waals surface area contributed by atoms with E-state index in [1.165, 1.54) is 89.9 Å². The van der Waals surface area contributed by atoms with E-state index in [4.69, 9.17) is 9.47 Å². The average molecular weight is 1070 g/mol. The number of allylic oxidation sites excluding steroid dienone is 30. The third-order valence-corrected chi connectivity index (χ3v) is 12.7. The number of carbonyl (C=O) groups is 2. The van der Waals surface area contributed by atoms with Crippen molar-refractivity contribution in [1.29, 1.82) is 0 Å². The molecule has 0 saturated heterocycles. The van der Waals surface area contributed by atoms with E-state index in [0.717, 1.165) is 122 Å². The summed E-state index contributed by atoms with van der Waals surface area (Å²) in [6.07, 6.45) is 105. The van der Waals surface area contributed by atoms with Gasteiger partial charge in [-0.1, -0.05) is 286 Å². The first-order chi connectivity index (χ1) is 38.6. The lowest BCUT2D eigenvalue weighted by Gasteiger charge is -2.15. The van der Waals surface area contributed by atoms with E-state index in [1.807, 2.05) is 0 Å². The van der Waals surface area contributed by atoms with Gasteiger partial charge in [-0.3, -0.25) is 9.59 Å². The summed E-state index contributed by atoms with van der Waals surface area (Å²) in [5, 5.41) is 9.67. The molecule has 5 nitrogen and oxygen atoms in total. The Morgan fingerprint density at radius 2 is 0.526 bits per heavy atom. The van der Waals surface area contributed by atoms with Gasteiger partial charge in [0.15, 0.2) is 6.10 Å².